The van der Waals surface area contributed by atoms with Gasteiger partial charge in [-0.15, -0.1) is 0 Å². The molecule has 0 unspecified atom stereocenters. The number of rotatable bonds is 6. The molecule has 0 aliphatic heterocycles. The van der Waals surface area contributed by atoms with E-state index >= 15 is 0 Å². The summed E-state index contributed by atoms with van der Waals surface area (Å²) in [5.74, 6) is 0. The van der Waals surface area contributed by atoms with Crippen LogP contribution in [0.4, 0.5) is 0 Å². The Labute approximate surface area is 97.0 Å². The van der Waals surface area contributed by atoms with Gasteiger partial charge in [0, 0.05) is 0 Å². The zero-order valence-corrected chi connectivity index (χ0v) is 9.08. The van der Waals surface area contributed by atoms with Gasteiger partial charge in [0.2, 0.25) is 0 Å². The van der Waals surface area contributed by atoms with Crippen molar-refractivity contribution in [3.8, 4) is 0 Å². The number of hydrogen-bond donors (Lipinski definition) is 7. The molecule has 0 fully saturated rings. The number of nitrogens with one attached hydrogen (secondary N) is 1. The highest BCUT2D eigenvalue weighted by Gasteiger charge is 2.29. The summed E-state index contributed by atoms with van der Waals surface area (Å²) in [5.41, 5.74) is 7.15. The molecule has 0 amide bonds. The van der Waals surface area contributed by atoms with Crippen LogP contribution in [0.25, 0.3) is 0 Å². The lowest BCUT2D eigenvalue weighted by Gasteiger charge is -2.23. The van der Waals surface area contributed by atoms with Crippen molar-refractivity contribution in [1.29, 1.82) is 0 Å². The van der Waals surface area contributed by atoms with E-state index in [0.29, 0.717) is 0 Å². The molecule has 8 N–H and O–H groups in total. The Balaban J connectivity index is 4.21. The molecule has 94 valence electrons. The summed E-state index contributed by atoms with van der Waals surface area (Å²) >= 11 is 4.41. The van der Waals surface area contributed by atoms with E-state index in [1.165, 1.54) is 0 Å². The van der Waals surface area contributed by atoms with Crippen LogP contribution in [0.15, 0.2) is 5.10 Å². The summed E-state index contributed by atoms with van der Waals surface area (Å²) in [5, 5.41) is 48.5. The van der Waals surface area contributed by atoms with Crippen molar-refractivity contribution in [2.75, 3.05) is 6.61 Å². The monoisotopic (exact) mass is 253 g/mol. The van der Waals surface area contributed by atoms with Gasteiger partial charge in [-0.25, -0.2) is 0 Å². The number of hydrogen-bond acceptors (Lipinski definition) is 7. The highest BCUT2D eigenvalue weighted by Crippen LogP contribution is 2.03. The molecule has 0 heterocycles. The SMILES string of the molecule is NC(=S)N/N=C/[C@H](O)[C@@H](O)[C@@H](O)[C@H](O)CO. The fraction of sp³-hybridized carbons (Fsp3) is 0.714. The van der Waals surface area contributed by atoms with E-state index in [4.69, 9.17) is 15.9 Å². The molecule has 0 rings (SSSR count). The minimum absolute atomic E-state index is 0.131. The van der Waals surface area contributed by atoms with Crippen LogP contribution in [0.1, 0.15) is 0 Å². The van der Waals surface area contributed by atoms with Crippen molar-refractivity contribution in [2.24, 2.45) is 10.8 Å². The Morgan fingerprint density at radius 2 is 1.88 bits per heavy atom. The maximum Gasteiger partial charge on any atom is 0.184 e. The minimum atomic E-state index is -1.70. The zero-order chi connectivity index (χ0) is 12.7. The van der Waals surface area contributed by atoms with Crippen LogP contribution in [0.3, 0.4) is 0 Å². The van der Waals surface area contributed by atoms with E-state index in [0.717, 1.165) is 6.21 Å². The van der Waals surface area contributed by atoms with Gasteiger partial charge in [0.15, 0.2) is 5.11 Å². The van der Waals surface area contributed by atoms with E-state index < -0.39 is 31.0 Å². The highest BCUT2D eigenvalue weighted by molar-refractivity contribution is 7.80. The lowest BCUT2D eigenvalue weighted by Crippen LogP contribution is -2.46. The predicted octanol–water partition coefficient (Wildman–Crippen LogP) is -3.76. The molecular formula is C7H15N3O5S. The lowest BCUT2D eigenvalue weighted by atomic mass is 10.0. The van der Waals surface area contributed by atoms with Crippen LogP contribution < -0.4 is 11.2 Å². The second kappa shape index (κ2) is 7.44. The second-order valence-corrected chi connectivity index (χ2v) is 3.42. The fourth-order valence-electron chi connectivity index (χ4n) is 0.803. The molecule has 0 radical (unpaired) electrons. The van der Waals surface area contributed by atoms with Crippen molar-refractivity contribution < 1.29 is 25.5 Å². The standard InChI is InChI=1S/C7H15N3O5S/c8-7(16)10-9-1-3(12)5(14)6(15)4(13)2-11/h1,3-6,11-15H,2H2,(H3,8,10,16)/b9-1+/t3-,4+,5+,6-/m0/s1. The summed E-state index contributed by atoms with van der Waals surface area (Å²) in [6.45, 7) is -0.743. The Morgan fingerprint density at radius 1 is 1.31 bits per heavy atom. The van der Waals surface area contributed by atoms with Crippen molar-refractivity contribution >= 4 is 23.5 Å². The molecule has 0 saturated carbocycles. The van der Waals surface area contributed by atoms with E-state index in [1.807, 2.05) is 0 Å². The normalized spacial score (nSPS) is 19.1. The van der Waals surface area contributed by atoms with Crippen LogP contribution in [-0.4, -0.2) is 67.9 Å². The van der Waals surface area contributed by atoms with Gasteiger partial charge in [-0.3, -0.25) is 5.43 Å². The first-order valence-electron chi connectivity index (χ1n) is 4.32. The van der Waals surface area contributed by atoms with Crippen molar-refractivity contribution in [3.05, 3.63) is 0 Å². The number of aliphatic hydroxyl groups excluding tert-OH is 5. The molecule has 0 saturated heterocycles. The van der Waals surface area contributed by atoms with Gasteiger partial charge in [0.25, 0.3) is 0 Å². The van der Waals surface area contributed by atoms with Gasteiger partial charge in [-0.1, -0.05) is 0 Å². The molecule has 0 aromatic heterocycles. The molecule has 9 heteroatoms. The van der Waals surface area contributed by atoms with Gasteiger partial charge in [-0.05, 0) is 12.2 Å². The first-order chi connectivity index (χ1) is 7.40. The smallest absolute Gasteiger partial charge is 0.184 e. The summed E-state index contributed by atoms with van der Waals surface area (Å²) in [6, 6.07) is 0. The molecular weight excluding hydrogens is 238 g/mol. The van der Waals surface area contributed by atoms with E-state index in [1.54, 1.807) is 0 Å². The Morgan fingerprint density at radius 3 is 2.31 bits per heavy atom. The number of nitrogens with zero attached hydrogens (tertiary/aromatic N) is 1. The average Bonchev–Trinajstić information content (AvgIpc) is 2.25. The van der Waals surface area contributed by atoms with Gasteiger partial charge < -0.3 is 31.3 Å². The molecule has 8 nitrogen and oxygen atoms in total. The zero-order valence-electron chi connectivity index (χ0n) is 8.26. The number of nitrogens with two attached hydrogens (primary N) is 1. The first-order valence-corrected chi connectivity index (χ1v) is 4.72. The van der Waals surface area contributed by atoms with E-state index in [9.17, 15) is 15.3 Å². The predicted molar refractivity (Wildman–Crippen MR) is 59.5 cm³/mol. The third-order valence-corrected chi connectivity index (χ3v) is 1.77. The summed E-state index contributed by atoms with van der Waals surface area (Å²) < 4.78 is 0. The molecule has 16 heavy (non-hydrogen) atoms. The van der Waals surface area contributed by atoms with Crippen molar-refractivity contribution in [1.82, 2.24) is 5.43 Å². The Hall–Kier alpha value is -0.840. The van der Waals surface area contributed by atoms with Crippen LogP contribution >= 0.6 is 12.2 Å². The van der Waals surface area contributed by atoms with Gasteiger partial charge in [0.05, 0.1) is 12.8 Å². The van der Waals surface area contributed by atoms with Gasteiger partial charge in [0.1, 0.15) is 24.4 Å². The maximum atomic E-state index is 9.30. The topological polar surface area (TPSA) is 152 Å². The van der Waals surface area contributed by atoms with Crippen molar-refractivity contribution in [2.45, 2.75) is 24.4 Å². The van der Waals surface area contributed by atoms with Crippen LogP contribution in [0.5, 0.6) is 0 Å². The fourth-order valence-corrected chi connectivity index (χ4v) is 0.856. The molecule has 0 aromatic rings. The molecule has 0 aliphatic rings. The summed E-state index contributed by atoms with van der Waals surface area (Å²) in [4.78, 5) is 0. The first kappa shape index (κ1) is 15.2. The van der Waals surface area contributed by atoms with Crippen LogP contribution in [0.2, 0.25) is 0 Å². The number of aliphatic hydroxyl groups is 5. The highest BCUT2D eigenvalue weighted by atomic mass is 32.1. The summed E-state index contributed by atoms with van der Waals surface area (Å²) in [6.07, 6.45) is -5.65. The molecule has 0 spiro atoms. The number of thiocarbonyl (C=S) groups is 1. The average molecular weight is 253 g/mol. The van der Waals surface area contributed by atoms with Crippen molar-refractivity contribution in [3.63, 3.8) is 0 Å². The van der Waals surface area contributed by atoms with Crippen LogP contribution in [-0.2, 0) is 0 Å². The molecule has 0 bridgehead atoms. The summed E-state index contributed by atoms with van der Waals surface area (Å²) in [7, 11) is 0. The van der Waals surface area contributed by atoms with Gasteiger partial charge >= 0.3 is 0 Å². The van der Waals surface area contributed by atoms with E-state index in [-0.39, 0.29) is 5.11 Å². The second-order valence-electron chi connectivity index (χ2n) is 2.98. The minimum Gasteiger partial charge on any atom is -0.394 e. The third-order valence-electron chi connectivity index (χ3n) is 1.68. The third kappa shape index (κ3) is 5.30. The molecule has 0 aliphatic carbocycles. The molecule has 0 aromatic carbocycles. The van der Waals surface area contributed by atoms with Crippen LogP contribution in [0, 0.1) is 0 Å². The Kier molecular flexibility index (Phi) is 7.05. The Bertz CT molecular complexity index is 252. The quantitative estimate of drug-likeness (QED) is 0.145. The molecule has 4 atom stereocenters. The maximum absolute atomic E-state index is 9.30. The largest absolute Gasteiger partial charge is 0.394 e. The van der Waals surface area contributed by atoms with E-state index in [2.05, 4.69) is 22.7 Å². The number of hydrazone groups is 1. The van der Waals surface area contributed by atoms with Gasteiger partial charge in [-0.2, -0.15) is 5.10 Å². The lowest BCUT2D eigenvalue weighted by molar-refractivity contribution is -0.0999.